The first-order valence-corrected chi connectivity index (χ1v) is 12.7. The van der Waals surface area contributed by atoms with Gasteiger partial charge in [-0.15, -0.1) is 0 Å². The predicted molar refractivity (Wildman–Crippen MR) is 141 cm³/mol. The second-order valence-corrected chi connectivity index (χ2v) is 10.3. The number of carbonyl (C=O) groups is 1. The van der Waals surface area contributed by atoms with Crippen molar-refractivity contribution in [2.24, 2.45) is 11.8 Å². The van der Waals surface area contributed by atoms with Crippen molar-refractivity contribution in [1.82, 2.24) is 19.7 Å². The van der Waals surface area contributed by atoms with Crippen molar-refractivity contribution in [3.05, 3.63) is 75.7 Å². The van der Waals surface area contributed by atoms with Crippen molar-refractivity contribution in [2.45, 2.75) is 66.1 Å². The van der Waals surface area contributed by atoms with E-state index in [4.69, 9.17) is 0 Å². The van der Waals surface area contributed by atoms with E-state index in [-0.39, 0.29) is 24.1 Å². The van der Waals surface area contributed by atoms with E-state index >= 15 is 0 Å². The molecule has 2 heterocycles. The topological polar surface area (TPSA) is 68.9 Å². The van der Waals surface area contributed by atoms with Crippen LogP contribution in [0.4, 0.5) is 0 Å². The van der Waals surface area contributed by atoms with Crippen molar-refractivity contribution in [3.63, 3.8) is 0 Å². The summed E-state index contributed by atoms with van der Waals surface area (Å²) in [6.07, 6.45) is 5.05. The number of rotatable bonds is 5. The van der Waals surface area contributed by atoms with E-state index in [1.807, 2.05) is 24.3 Å². The monoisotopic (exact) mass is 470 g/mol. The molecule has 1 aliphatic rings. The lowest BCUT2D eigenvalue weighted by molar-refractivity contribution is -0.123. The van der Waals surface area contributed by atoms with Gasteiger partial charge in [0.25, 0.3) is 5.56 Å². The number of aryl methyl sites for hydroxylation is 2. The lowest BCUT2D eigenvalue weighted by Crippen LogP contribution is -2.45. The highest BCUT2D eigenvalue weighted by molar-refractivity contribution is 6.07. The Bertz CT molecular complexity index is 1470. The molecule has 6 nitrogen and oxygen atoms in total. The first-order chi connectivity index (χ1) is 16.8. The Hall–Kier alpha value is -3.41. The maximum atomic E-state index is 13.7. The van der Waals surface area contributed by atoms with Gasteiger partial charge in [-0.3, -0.25) is 9.59 Å². The largest absolute Gasteiger partial charge is 0.351 e. The van der Waals surface area contributed by atoms with E-state index in [1.54, 1.807) is 6.20 Å². The molecule has 0 aliphatic heterocycles. The zero-order chi connectivity index (χ0) is 24.7. The molecule has 1 amide bonds. The highest BCUT2D eigenvalue weighted by Gasteiger charge is 2.28. The molecule has 1 N–H and O–H groups in total. The van der Waals surface area contributed by atoms with E-state index in [0.29, 0.717) is 23.9 Å². The van der Waals surface area contributed by atoms with Crippen LogP contribution in [0.15, 0.2) is 53.5 Å². The van der Waals surface area contributed by atoms with E-state index in [9.17, 15) is 9.59 Å². The van der Waals surface area contributed by atoms with Crippen LogP contribution in [0.2, 0.25) is 0 Å². The minimum atomic E-state index is -0.232. The number of aromatic nitrogens is 3. The molecule has 0 spiro atoms. The molecule has 3 unspecified atom stereocenters. The van der Waals surface area contributed by atoms with Gasteiger partial charge in [-0.1, -0.05) is 68.7 Å². The van der Waals surface area contributed by atoms with Crippen molar-refractivity contribution in [3.8, 4) is 0 Å². The molecule has 35 heavy (non-hydrogen) atoms. The Kier molecular flexibility index (Phi) is 6.22. The number of amides is 1. The zero-order valence-corrected chi connectivity index (χ0v) is 21.0. The van der Waals surface area contributed by atoms with Crippen LogP contribution in [0.3, 0.4) is 0 Å². The van der Waals surface area contributed by atoms with Crippen molar-refractivity contribution in [2.75, 3.05) is 0 Å². The smallest absolute Gasteiger partial charge is 0.291 e. The number of hydrogen-bond donors (Lipinski definition) is 1. The third kappa shape index (κ3) is 4.38. The van der Waals surface area contributed by atoms with Crippen LogP contribution in [-0.4, -0.2) is 26.3 Å². The second kappa shape index (κ2) is 9.33. The van der Waals surface area contributed by atoms with Gasteiger partial charge in [0.2, 0.25) is 5.91 Å². The van der Waals surface area contributed by atoms with Crippen LogP contribution in [0, 0.1) is 25.7 Å². The fourth-order valence-electron chi connectivity index (χ4n) is 5.59. The minimum absolute atomic E-state index is 0.0721. The molecule has 4 aromatic rings. The number of carbonyl (C=O) groups excluding carboxylic acids is 1. The summed E-state index contributed by atoms with van der Waals surface area (Å²) >= 11 is 0. The first-order valence-electron chi connectivity index (χ1n) is 12.7. The normalized spacial score (nSPS) is 20.4. The molecule has 5 rings (SSSR count). The number of nitrogens with zero attached hydrogens (tertiary/aromatic N) is 3. The summed E-state index contributed by atoms with van der Waals surface area (Å²) in [5.41, 5.74) is 4.90. The fraction of sp³-hybridized carbons (Fsp3) is 0.414. The van der Waals surface area contributed by atoms with E-state index in [1.165, 1.54) is 27.8 Å². The average molecular weight is 471 g/mol. The number of hydrogen-bond acceptors (Lipinski definition) is 3. The Morgan fingerprint density at radius 3 is 2.71 bits per heavy atom. The Morgan fingerprint density at radius 2 is 1.89 bits per heavy atom. The van der Waals surface area contributed by atoms with Gasteiger partial charge >= 0.3 is 0 Å². The maximum Gasteiger partial charge on any atom is 0.291 e. The molecule has 0 saturated heterocycles. The van der Waals surface area contributed by atoms with Gasteiger partial charge in [-0.2, -0.15) is 5.10 Å². The Balaban J connectivity index is 1.53. The number of nitrogens with one attached hydrogen (secondary N) is 1. The summed E-state index contributed by atoms with van der Waals surface area (Å²) in [7, 11) is 0. The lowest BCUT2D eigenvalue weighted by atomic mass is 9.78. The van der Waals surface area contributed by atoms with Crippen LogP contribution in [0.1, 0.15) is 49.8 Å². The third-order valence-electron chi connectivity index (χ3n) is 7.95. The third-order valence-corrected chi connectivity index (χ3v) is 7.95. The number of para-hydroxylation sites is 1. The van der Waals surface area contributed by atoms with Crippen LogP contribution in [-0.2, 0) is 17.9 Å². The van der Waals surface area contributed by atoms with Gasteiger partial charge in [0, 0.05) is 28.9 Å². The van der Waals surface area contributed by atoms with Crippen LogP contribution in [0.25, 0.3) is 21.8 Å². The van der Waals surface area contributed by atoms with Gasteiger partial charge in [0.05, 0.1) is 6.20 Å². The SMILES string of the molecule is Cc1ccc(C)c(Cn2c3ccccc3c3cnn(CC(=O)NC4CCCC(C)C4C)c(=O)c32)c1. The number of benzene rings is 2. The maximum absolute atomic E-state index is 13.7. The molecule has 3 atom stereocenters. The highest BCUT2D eigenvalue weighted by Crippen LogP contribution is 2.30. The van der Waals surface area contributed by atoms with Crippen LogP contribution < -0.4 is 10.9 Å². The summed E-state index contributed by atoms with van der Waals surface area (Å²) in [6, 6.07) is 14.6. The molecule has 0 bridgehead atoms. The fourth-order valence-corrected chi connectivity index (χ4v) is 5.59. The summed E-state index contributed by atoms with van der Waals surface area (Å²) in [5.74, 6) is 0.870. The Labute approximate surface area is 206 Å². The van der Waals surface area contributed by atoms with E-state index in [2.05, 4.69) is 60.9 Å². The van der Waals surface area contributed by atoms with Gasteiger partial charge < -0.3 is 9.88 Å². The molecular formula is C29H34N4O2. The van der Waals surface area contributed by atoms with Gasteiger partial charge in [-0.05, 0) is 49.3 Å². The number of fused-ring (bicyclic) bond motifs is 3. The van der Waals surface area contributed by atoms with Crippen LogP contribution in [0.5, 0.6) is 0 Å². The second-order valence-electron chi connectivity index (χ2n) is 10.3. The van der Waals surface area contributed by atoms with Crippen LogP contribution >= 0.6 is 0 Å². The summed E-state index contributed by atoms with van der Waals surface area (Å²) in [6.45, 7) is 9.14. The van der Waals surface area contributed by atoms with Gasteiger partial charge in [0.15, 0.2) is 0 Å². The van der Waals surface area contributed by atoms with Gasteiger partial charge in [-0.25, -0.2) is 4.68 Å². The molecule has 1 fully saturated rings. The zero-order valence-electron chi connectivity index (χ0n) is 21.0. The molecular weight excluding hydrogens is 436 g/mol. The van der Waals surface area contributed by atoms with E-state index in [0.717, 1.165) is 29.1 Å². The minimum Gasteiger partial charge on any atom is -0.351 e. The summed E-state index contributed by atoms with van der Waals surface area (Å²) < 4.78 is 3.39. The molecule has 182 valence electrons. The Morgan fingerprint density at radius 1 is 1.09 bits per heavy atom. The van der Waals surface area contributed by atoms with Crippen molar-refractivity contribution < 1.29 is 4.79 Å². The predicted octanol–water partition coefficient (Wildman–Crippen LogP) is 4.96. The summed E-state index contributed by atoms with van der Waals surface area (Å²) in [4.78, 5) is 26.6. The first kappa shape index (κ1) is 23.3. The van der Waals surface area contributed by atoms with Gasteiger partial charge in [0.1, 0.15) is 12.1 Å². The quantitative estimate of drug-likeness (QED) is 0.448. The lowest BCUT2D eigenvalue weighted by Gasteiger charge is -2.34. The summed E-state index contributed by atoms with van der Waals surface area (Å²) in [5, 5.41) is 9.40. The molecule has 1 aliphatic carbocycles. The standard InChI is InChI=1S/C29H34N4O2/c1-18-12-13-20(3)22(14-18)16-32-26-11-6-5-9-23(26)24-15-30-33(29(35)28(24)32)17-27(34)31-25-10-7-8-19(2)21(25)4/h5-6,9,11-15,19,21,25H,7-8,10,16-17H2,1-4H3,(H,31,34). The molecule has 1 saturated carbocycles. The molecule has 6 heteroatoms. The highest BCUT2D eigenvalue weighted by atomic mass is 16.2. The molecule has 2 aromatic heterocycles. The molecule has 2 aromatic carbocycles. The van der Waals surface area contributed by atoms with Crippen molar-refractivity contribution >= 4 is 27.7 Å². The molecule has 0 radical (unpaired) electrons. The average Bonchev–Trinajstić information content (AvgIpc) is 3.15. The van der Waals surface area contributed by atoms with E-state index < -0.39 is 0 Å². The van der Waals surface area contributed by atoms with Crippen molar-refractivity contribution in [1.29, 1.82) is 0 Å².